The molecule has 0 spiro atoms. The summed E-state index contributed by atoms with van der Waals surface area (Å²) >= 11 is 0. The van der Waals surface area contributed by atoms with Crippen molar-refractivity contribution in [3.8, 4) is 0 Å². The molecule has 50 valence electrons. The fraction of sp³-hybridized carbons (Fsp3) is 0. The second-order valence-electron chi connectivity index (χ2n) is 0.907. The molecule has 6 heteroatoms. The van der Waals surface area contributed by atoms with Crippen molar-refractivity contribution in [1.82, 2.24) is 15.0 Å². The number of nitrogens with zero attached hydrogens (tertiary/aromatic N) is 3. The minimum absolute atomic E-state index is 0.741. The Morgan fingerprint density at radius 3 is 1.78 bits per heavy atom. The number of rotatable bonds is 0. The van der Waals surface area contributed by atoms with Gasteiger partial charge in [0.15, 0.2) is 0 Å². The first-order valence-electron chi connectivity index (χ1n) is 1.81. The third-order valence-corrected chi connectivity index (χ3v) is 0.462. The van der Waals surface area contributed by atoms with Crippen molar-refractivity contribution in [1.29, 1.82) is 0 Å². The molecule has 1 aromatic rings. The second kappa shape index (κ2) is 4.95. The number of hydrogen-bond donors (Lipinski definition) is 0. The summed E-state index contributed by atoms with van der Waals surface area (Å²) in [4.78, 5) is 9.56. The minimum Gasteiger partial charge on any atom is -0.225 e. The first-order valence-corrected chi connectivity index (χ1v) is 1.81. The van der Waals surface area contributed by atoms with Crippen LogP contribution >= 0.6 is 0 Å². The van der Waals surface area contributed by atoms with Gasteiger partial charge in [-0.15, -0.1) is 0 Å². The van der Waals surface area contributed by atoms with Gasteiger partial charge in [0.1, 0.15) is 12.7 Å². The summed E-state index contributed by atoms with van der Waals surface area (Å²) in [6, 6.07) is 0. The molecule has 0 N–H and O–H groups in total. The van der Waals surface area contributed by atoms with Gasteiger partial charge in [0.2, 0.25) is 0 Å². The lowest BCUT2D eigenvalue weighted by Gasteiger charge is -1.76. The lowest BCUT2D eigenvalue weighted by atomic mass is 11.1. The molecule has 0 radical (unpaired) electrons. The highest BCUT2D eigenvalue weighted by Crippen LogP contribution is 1.74. The van der Waals surface area contributed by atoms with Crippen molar-refractivity contribution in [2.75, 3.05) is 0 Å². The molecular formula is C3H2F3N3. The van der Waals surface area contributed by atoms with Gasteiger partial charge in [-0.05, 0) is 0 Å². The molecule has 3 nitrogen and oxygen atoms in total. The first-order chi connectivity index (χ1) is 4.39. The van der Waals surface area contributed by atoms with Crippen LogP contribution in [0.1, 0.15) is 0 Å². The highest BCUT2D eigenvalue weighted by atomic mass is 20.0. The van der Waals surface area contributed by atoms with Crippen LogP contribution in [0.3, 0.4) is 0 Å². The van der Waals surface area contributed by atoms with E-state index in [2.05, 4.69) is 15.0 Å². The van der Waals surface area contributed by atoms with E-state index in [1.807, 2.05) is 0 Å². The highest BCUT2D eigenvalue weighted by Gasteiger charge is 1.81. The van der Waals surface area contributed by atoms with Gasteiger partial charge < -0.3 is 0 Å². The normalized spacial score (nSPS) is 7.44. The van der Waals surface area contributed by atoms with E-state index >= 15 is 0 Å². The Balaban J connectivity index is 0.000000291. The molecule has 0 amide bonds. The standard InChI is InChI=1S/C3H2FN3.F2/c4-3-6-1-5-2-7-3;1-2/h1-2H;. The average Bonchev–Trinajstić information content (AvgIpc) is 1.94. The maximum atomic E-state index is 11.6. The fourth-order valence-corrected chi connectivity index (χ4v) is 0.225. The molecule has 1 heterocycles. The van der Waals surface area contributed by atoms with Crippen LogP contribution in [0, 0.1) is 6.08 Å². The minimum atomic E-state index is -0.741. The predicted molar refractivity (Wildman–Crippen MR) is 22.0 cm³/mol. The van der Waals surface area contributed by atoms with Crippen LogP contribution in [0.5, 0.6) is 0 Å². The Bertz CT molecular complexity index is 144. The number of halogens is 3. The zero-order chi connectivity index (χ0) is 7.11. The van der Waals surface area contributed by atoms with E-state index in [0.717, 1.165) is 12.7 Å². The maximum Gasteiger partial charge on any atom is 0.311 e. The Morgan fingerprint density at radius 2 is 1.56 bits per heavy atom. The smallest absolute Gasteiger partial charge is 0.225 e. The van der Waals surface area contributed by atoms with Crippen molar-refractivity contribution >= 4 is 0 Å². The van der Waals surface area contributed by atoms with Crippen molar-refractivity contribution < 1.29 is 13.5 Å². The Labute approximate surface area is 48.5 Å². The van der Waals surface area contributed by atoms with Crippen LogP contribution < -0.4 is 0 Å². The molecule has 0 unspecified atom stereocenters. The summed E-state index contributed by atoms with van der Waals surface area (Å²) in [6.07, 6.45) is 1.46. The summed E-state index contributed by atoms with van der Waals surface area (Å²) < 4.78 is 27.6. The first kappa shape index (κ1) is 7.80. The summed E-state index contributed by atoms with van der Waals surface area (Å²) in [5.41, 5.74) is 0. The molecule has 0 aliphatic carbocycles. The van der Waals surface area contributed by atoms with E-state index in [9.17, 15) is 4.39 Å². The van der Waals surface area contributed by atoms with Gasteiger partial charge in [-0.2, -0.15) is 14.4 Å². The van der Waals surface area contributed by atoms with E-state index in [0.29, 0.717) is 0 Å². The zero-order valence-corrected chi connectivity index (χ0v) is 4.13. The topological polar surface area (TPSA) is 38.7 Å². The van der Waals surface area contributed by atoms with Crippen molar-refractivity contribution in [3.05, 3.63) is 18.7 Å². The van der Waals surface area contributed by atoms with Crippen LogP contribution in [-0.2, 0) is 0 Å². The Kier molecular flexibility index (Phi) is 4.29. The Morgan fingerprint density at radius 1 is 1.11 bits per heavy atom. The van der Waals surface area contributed by atoms with Crippen LogP contribution in [0.25, 0.3) is 0 Å². The lowest BCUT2D eigenvalue weighted by Crippen LogP contribution is -1.85. The average molecular weight is 137 g/mol. The van der Waals surface area contributed by atoms with E-state index < -0.39 is 6.08 Å². The van der Waals surface area contributed by atoms with E-state index in [-0.39, 0.29) is 0 Å². The summed E-state index contributed by atoms with van der Waals surface area (Å²) in [5.74, 6) is 0. The van der Waals surface area contributed by atoms with Crippen molar-refractivity contribution in [2.45, 2.75) is 0 Å². The number of aromatic nitrogens is 3. The highest BCUT2D eigenvalue weighted by molar-refractivity contribution is 4.56. The maximum absolute atomic E-state index is 11.6. The van der Waals surface area contributed by atoms with Crippen molar-refractivity contribution in [2.24, 2.45) is 0 Å². The zero-order valence-electron chi connectivity index (χ0n) is 4.13. The monoisotopic (exact) mass is 137 g/mol. The molecule has 9 heavy (non-hydrogen) atoms. The molecule has 0 saturated carbocycles. The number of hydrogen-bond acceptors (Lipinski definition) is 3. The molecule has 0 bridgehead atoms. The molecule has 1 aromatic heterocycles. The van der Waals surface area contributed by atoms with Crippen molar-refractivity contribution in [3.63, 3.8) is 0 Å². The van der Waals surface area contributed by atoms with Crippen LogP contribution in [-0.4, -0.2) is 15.0 Å². The molecule has 1 rings (SSSR count). The van der Waals surface area contributed by atoms with Gasteiger partial charge in [0.05, 0.1) is 0 Å². The lowest BCUT2D eigenvalue weighted by molar-refractivity contribution is 0.108. The molecule has 0 aromatic carbocycles. The van der Waals surface area contributed by atoms with Crippen LogP contribution in [0.15, 0.2) is 12.7 Å². The fourth-order valence-electron chi connectivity index (χ4n) is 0.225. The Hall–Kier alpha value is -1.20. The predicted octanol–water partition coefficient (Wildman–Crippen LogP) is 0.851. The second-order valence-corrected chi connectivity index (χ2v) is 0.907. The molecule has 0 aliphatic rings. The quantitative estimate of drug-likeness (QED) is 0.532. The van der Waals surface area contributed by atoms with Gasteiger partial charge in [0, 0.05) is 9.15 Å². The third-order valence-electron chi connectivity index (χ3n) is 0.462. The summed E-state index contributed by atoms with van der Waals surface area (Å²) in [7, 11) is 0. The molecule has 0 fully saturated rings. The SMILES string of the molecule is FF.Fc1ncncn1. The summed E-state index contributed by atoms with van der Waals surface area (Å²) in [6.45, 7) is 0. The van der Waals surface area contributed by atoms with Gasteiger partial charge in [-0.3, -0.25) is 0 Å². The van der Waals surface area contributed by atoms with Gasteiger partial charge in [-0.25, -0.2) is 4.98 Å². The molecule has 0 saturated heterocycles. The van der Waals surface area contributed by atoms with Crippen LogP contribution in [0.4, 0.5) is 13.5 Å². The largest absolute Gasteiger partial charge is 0.311 e. The molecule has 0 atom stereocenters. The van der Waals surface area contributed by atoms with E-state index in [1.165, 1.54) is 0 Å². The van der Waals surface area contributed by atoms with E-state index in [4.69, 9.17) is 9.15 Å². The molecular weight excluding hydrogens is 135 g/mol. The third kappa shape index (κ3) is 3.39. The van der Waals surface area contributed by atoms with E-state index in [1.54, 1.807) is 0 Å². The van der Waals surface area contributed by atoms with Gasteiger partial charge in [-0.1, -0.05) is 0 Å². The van der Waals surface area contributed by atoms with Crippen LogP contribution in [0.2, 0.25) is 0 Å². The van der Waals surface area contributed by atoms with Gasteiger partial charge in [0.25, 0.3) is 0 Å². The summed E-state index contributed by atoms with van der Waals surface area (Å²) in [5, 5.41) is 0. The molecule has 0 aliphatic heterocycles. The van der Waals surface area contributed by atoms with Gasteiger partial charge >= 0.3 is 6.08 Å².